The lowest BCUT2D eigenvalue weighted by Gasteiger charge is -2.33. The molecule has 130 valence electrons. The molecule has 1 aliphatic carbocycles. The molecule has 1 saturated heterocycles. The zero-order chi connectivity index (χ0) is 17.4. The average molecular weight is 356 g/mol. The van der Waals surface area contributed by atoms with Crippen molar-refractivity contribution in [3.05, 3.63) is 39.3 Å². The summed E-state index contributed by atoms with van der Waals surface area (Å²) in [6.45, 7) is 4.70. The van der Waals surface area contributed by atoms with Crippen LogP contribution in [0.1, 0.15) is 39.0 Å². The fourth-order valence-electron chi connectivity index (χ4n) is 3.65. The van der Waals surface area contributed by atoms with Gasteiger partial charge in [-0.1, -0.05) is 6.07 Å². The van der Waals surface area contributed by atoms with Crippen LogP contribution in [-0.4, -0.2) is 53.2 Å². The van der Waals surface area contributed by atoms with Gasteiger partial charge in [-0.05, 0) is 24.8 Å². The highest BCUT2D eigenvalue weighted by Crippen LogP contribution is 2.35. The molecule has 25 heavy (non-hydrogen) atoms. The molecule has 0 radical (unpaired) electrons. The van der Waals surface area contributed by atoms with Crippen molar-refractivity contribution in [3.63, 3.8) is 0 Å². The molecule has 1 amide bonds. The normalized spacial score (nSPS) is 20.5. The fourth-order valence-corrected chi connectivity index (χ4v) is 4.48. The summed E-state index contributed by atoms with van der Waals surface area (Å²) in [6.07, 6.45) is 2.21. The first kappa shape index (κ1) is 16.2. The molecule has 4 rings (SSSR count). The number of hydrogen-bond donors (Lipinski definition) is 0. The largest absolute Gasteiger partial charge is 0.342 e. The Labute approximate surface area is 150 Å². The molecule has 3 heterocycles. The Morgan fingerprint density at radius 3 is 2.68 bits per heavy atom. The minimum atomic E-state index is 0.148. The minimum Gasteiger partial charge on any atom is -0.342 e. The van der Waals surface area contributed by atoms with Crippen molar-refractivity contribution < 1.29 is 9.59 Å². The van der Waals surface area contributed by atoms with E-state index < -0.39 is 0 Å². The van der Waals surface area contributed by atoms with Crippen molar-refractivity contribution in [2.75, 3.05) is 31.1 Å². The van der Waals surface area contributed by atoms with Crippen molar-refractivity contribution in [1.82, 2.24) is 14.9 Å². The Bertz CT molecular complexity index is 798. The summed E-state index contributed by atoms with van der Waals surface area (Å²) in [5.74, 6) is 1.05. The Kier molecular flexibility index (Phi) is 4.25. The number of amides is 1. The summed E-state index contributed by atoms with van der Waals surface area (Å²) in [7, 11) is 0. The number of aromatic nitrogens is 2. The van der Waals surface area contributed by atoms with Gasteiger partial charge in [-0.25, -0.2) is 9.97 Å². The predicted octanol–water partition coefficient (Wildman–Crippen LogP) is 2.04. The standard InChI is InChI=1S/C18H20N4O2S/c1-12-17-14(9-13(10-15(17)24)16-3-2-8-25-16)20-18(19-12)22-6-4-21(11-23)5-7-22/h2-3,8,11,13H,4-7,9-10H2,1H3. The van der Waals surface area contributed by atoms with Crippen LogP contribution in [0.25, 0.3) is 0 Å². The van der Waals surface area contributed by atoms with E-state index in [0.717, 1.165) is 37.3 Å². The molecule has 7 heteroatoms. The summed E-state index contributed by atoms with van der Waals surface area (Å²) in [4.78, 5) is 38.0. The number of Topliss-reactive ketones (excluding diaryl/α,β-unsaturated/α-hetero) is 1. The van der Waals surface area contributed by atoms with Gasteiger partial charge in [-0.3, -0.25) is 9.59 Å². The summed E-state index contributed by atoms with van der Waals surface area (Å²) in [5.41, 5.74) is 2.35. The van der Waals surface area contributed by atoms with Gasteiger partial charge in [-0.15, -0.1) is 11.3 Å². The topological polar surface area (TPSA) is 66.4 Å². The second-order valence-electron chi connectivity index (χ2n) is 6.60. The molecule has 1 aliphatic heterocycles. The smallest absolute Gasteiger partial charge is 0.225 e. The van der Waals surface area contributed by atoms with E-state index in [1.165, 1.54) is 4.88 Å². The summed E-state index contributed by atoms with van der Waals surface area (Å²) in [6, 6.07) is 4.13. The zero-order valence-corrected chi connectivity index (χ0v) is 15.0. The number of anilines is 1. The average Bonchev–Trinajstić information content (AvgIpc) is 3.16. The third-order valence-electron chi connectivity index (χ3n) is 5.00. The molecule has 1 atom stereocenters. The SMILES string of the molecule is Cc1nc(N2CCN(C=O)CC2)nc2c1C(=O)CC(c1cccs1)C2. The number of ketones is 1. The predicted molar refractivity (Wildman–Crippen MR) is 96.3 cm³/mol. The molecule has 6 nitrogen and oxygen atoms in total. The number of rotatable bonds is 3. The Morgan fingerprint density at radius 2 is 2.00 bits per heavy atom. The number of carbonyl (C=O) groups excluding carboxylic acids is 2. The Balaban J connectivity index is 1.63. The number of aryl methyl sites for hydroxylation is 1. The van der Waals surface area contributed by atoms with Gasteiger partial charge in [0.2, 0.25) is 12.4 Å². The summed E-state index contributed by atoms with van der Waals surface area (Å²) >= 11 is 1.70. The van der Waals surface area contributed by atoms with E-state index in [2.05, 4.69) is 21.3 Å². The molecule has 0 aromatic carbocycles. The summed E-state index contributed by atoms with van der Waals surface area (Å²) in [5, 5.41) is 2.05. The number of thiophene rings is 1. The molecule has 1 unspecified atom stereocenters. The highest BCUT2D eigenvalue weighted by Gasteiger charge is 2.31. The molecular formula is C18H20N4O2S. The maximum absolute atomic E-state index is 12.6. The second kappa shape index (κ2) is 6.55. The van der Waals surface area contributed by atoms with E-state index in [1.54, 1.807) is 16.2 Å². The lowest BCUT2D eigenvalue weighted by molar-refractivity contribution is -0.118. The van der Waals surface area contributed by atoms with Gasteiger partial charge in [0.05, 0.1) is 17.0 Å². The fraction of sp³-hybridized carbons (Fsp3) is 0.444. The first-order valence-corrected chi connectivity index (χ1v) is 9.42. The number of piperazine rings is 1. The van der Waals surface area contributed by atoms with Gasteiger partial charge in [0, 0.05) is 43.4 Å². The van der Waals surface area contributed by atoms with E-state index in [4.69, 9.17) is 4.98 Å². The molecule has 2 aromatic rings. The maximum atomic E-state index is 12.6. The first-order valence-electron chi connectivity index (χ1n) is 8.54. The van der Waals surface area contributed by atoms with Crippen LogP contribution >= 0.6 is 11.3 Å². The van der Waals surface area contributed by atoms with Gasteiger partial charge < -0.3 is 9.80 Å². The molecule has 2 aliphatic rings. The van der Waals surface area contributed by atoms with Crippen molar-refractivity contribution in [3.8, 4) is 0 Å². The molecular weight excluding hydrogens is 336 g/mol. The third kappa shape index (κ3) is 3.04. The first-order chi connectivity index (χ1) is 12.2. The van der Waals surface area contributed by atoms with Crippen LogP contribution < -0.4 is 4.90 Å². The highest BCUT2D eigenvalue weighted by atomic mass is 32.1. The minimum absolute atomic E-state index is 0.148. The van der Waals surface area contributed by atoms with Gasteiger partial charge in [0.25, 0.3) is 0 Å². The number of nitrogens with zero attached hydrogens (tertiary/aromatic N) is 4. The third-order valence-corrected chi connectivity index (χ3v) is 6.03. The van der Waals surface area contributed by atoms with E-state index in [1.807, 2.05) is 13.0 Å². The van der Waals surface area contributed by atoms with Crippen molar-refractivity contribution in [2.24, 2.45) is 0 Å². The van der Waals surface area contributed by atoms with Crippen LogP contribution in [0, 0.1) is 6.92 Å². The molecule has 1 fully saturated rings. The maximum Gasteiger partial charge on any atom is 0.225 e. The van der Waals surface area contributed by atoms with Crippen molar-refractivity contribution in [2.45, 2.75) is 25.7 Å². The summed E-state index contributed by atoms with van der Waals surface area (Å²) < 4.78 is 0. The van der Waals surface area contributed by atoms with Crippen molar-refractivity contribution >= 4 is 29.5 Å². The molecule has 0 N–H and O–H groups in total. The van der Waals surface area contributed by atoms with E-state index in [9.17, 15) is 9.59 Å². The van der Waals surface area contributed by atoms with Crippen molar-refractivity contribution in [1.29, 1.82) is 0 Å². The van der Waals surface area contributed by atoms with Crippen LogP contribution in [0.2, 0.25) is 0 Å². The van der Waals surface area contributed by atoms with Crippen LogP contribution in [0.5, 0.6) is 0 Å². The van der Waals surface area contributed by atoms with Gasteiger partial charge in [0.1, 0.15) is 0 Å². The molecule has 0 saturated carbocycles. The quantitative estimate of drug-likeness (QED) is 0.788. The van der Waals surface area contributed by atoms with E-state index in [-0.39, 0.29) is 11.7 Å². The van der Waals surface area contributed by atoms with E-state index in [0.29, 0.717) is 31.0 Å². The monoisotopic (exact) mass is 356 g/mol. The number of carbonyl (C=O) groups is 2. The van der Waals surface area contributed by atoms with Crippen LogP contribution in [0.4, 0.5) is 5.95 Å². The molecule has 0 bridgehead atoms. The van der Waals surface area contributed by atoms with Gasteiger partial charge >= 0.3 is 0 Å². The van der Waals surface area contributed by atoms with Gasteiger partial charge in [0.15, 0.2) is 5.78 Å². The van der Waals surface area contributed by atoms with Gasteiger partial charge in [-0.2, -0.15) is 0 Å². The van der Waals surface area contributed by atoms with Crippen LogP contribution in [0.15, 0.2) is 17.5 Å². The number of fused-ring (bicyclic) bond motifs is 1. The Morgan fingerprint density at radius 1 is 1.20 bits per heavy atom. The number of hydrogen-bond acceptors (Lipinski definition) is 6. The molecule has 2 aromatic heterocycles. The second-order valence-corrected chi connectivity index (χ2v) is 7.58. The van der Waals surface area contributed by atoms with Crippen LogP contribution in [0.3, 0.4) is 0 Å². The zero-order valence-electron chi connectivity index (χ0n) is 14.1. The lowest BCUT2D eigenvalue weighted by atomic mass is 9.84. The molecule has 0 spiro atoms. The van der Waals surface area contributed by atoms with Crippen LogP contribution in [-0.2, 0) is 11.2 Å². The Hall–Kier alpha value is -2.28. The lowest BCUT2D eigenvalue weighted by Crippen LogP contribution is -2.46. The van der Waals surface area contributed by atoms with E-state index >= 15 is 0 Å². The highest BCUT2D eigenvalue weighted by molar-refractivity contribution is 7.10.